The average Bonchev–Trinajstić information content (AvgIpc) is 2.63. The van der Waals surface area contributed by atoms with Gasteiger partial charge in [-0.3, -0.25) is 0 Å². The zero-order chi connectivity index (χ0) is 16.7. The van der Waals surface area contributed by atoms with E-state index in [1.807, 2.05) is 0 Å². The molecule has 128 valence electrons. The molecule has 0 saturated carbocycles. The van der Waals surface area contributed by atoms with Crippen molar-refractivity contribution in [3.63, 3.8) is 0 Å². The number of fused-ring (bicyclic) bond motifs is 1. The van der Waals surface area contributed by atoms with Crippen LogP contribution in [0.3, 0.4) is 0 Å². The molecule has 1 atom stereocenters. The molecule has 1 N–H and O–H groups in total. The van der Waals surface area contributed by atoms with Crippen molar-refractivity contribution >= 4 is 0 Å². The monoisotopic (exact) mass is 323 g/mol. The first-order valence-electron chi connectivity index (χ1n) is 9.25. The summed E-state index contributed by atoms with van der Waals surface area (Å²) in [6, 6.07) is 19.4. The lowest BCUT2D eigenvalue weighted by atomic mass is 9.70. The van der Waals surface area contributed by atoms with Gasteiger partial charge in [0.25, 0.3) is 0 Å². The Kier molecular flexibility index (Phi) is 6.06. The first-order chi connectivity index (χ1) is 11.8. The normalized spacial score (nSPS) is 19.9. The summed E-state index contributed by atoms with van der Waals surface area (Å²) in [6.07, 6.45) is 4.82. The summed E-state index contributed by atoms with van der Waals surface area (Å²) in [6.45, 7) is 5.78. The van der Waals surface area contributed by atoms with Crippen molar-refractivity contribution in [2.24, 2.45) is 0 Å². The van der Waals surface area contributed by atoms with Gasteiger partial charge in [-0.25, -0.2) is 0 Å². The summed E-state index contributed by atoms with van der Waals surface area (Å²) in [7, 11) is 0. The Bertz CT molecular complexity index is 625. The molecule has 0 amide bonds. The van der Waals surface area contributed by atoms with E-state index in [9.17, 15) is 0 Å². The van der Waals surface area contributed by atoms with E-state index in [0.717, 1.165) is 19.7 Å². The van der Waals surface area contributed by atoms with Crippen molar-refractivity contribution in [1.29, 1.82) is 0 Å². The van der Waals surface area contributed by atoms with E-state index in [-0.39, 0.29) is 5.41 Å². The molecule has 0 radical (unpaired) electrons. The summed E-state index contributed by atoms with van der Waals surface area (Å²) >= 11 is 0. The second-order valence-electron chi connectivity index (χ2n) is 6.95. The number of benzene rings is 2. The van der Waals surface area contributed by atoms with Crippen molar-refractivity contribution in [3.8, 4) is 0 Å². The van der Waals surface area contributed by atoms with E-state index < -0.39 is 0 Å². The maximum atomic E-state index is 6.21. The van der Waals surface area contributed by atoms with Crippen LogP contribution in [-0.2, 0) is 23.2 Å². The molecule has 2 aromatic carbocycles. The fraction of sp³-hybridized carbons (Fsp3) is 0.455. The Labute approximate surface area is 146 Å². The van der Waals surface area contributed by atoms with Crippen LogP contribution >= 0.6 is 0 Å². The maximum absolute atomic E-state index is 6.21. The molecule has 0 spiro atoms. The highest BCUT2D eigenvalue weighted by atomic mass is 16.5. The topological polar surface area (TPSA) is 21.3 Å². The van der Waals surface area contributed by atoms with Crippen LogP contribution in [0.15, 0.2) is 54.6 Å². The first kappa shape index (κ1) is 17.2. The first-order valence-corrected chi connectivity index (χ1v) is 9.25. The summed E-state index contributed by atoms with van der Waals surface area (Å²) in [4.78, 5) is 0. The van der Waals surface area contributed by atoms with Gasteiger partial charge in [-0.15, -0.1) is 0 Å². The molecule has 0 fully saturated rings. The number of rotatable bonds is 8. The molecule has 2 heteroatoms. The Morgan fingerprint density at radius 3 is 2.67 bits per heavy atom. The second-order valence-corrected chi connectivity index (χ2v) is 6.95. The smallest absolute Gasteiger partial charge is 0.0717 e. The third kappa shape index (κ3) is 4.06. The molecular formula is C22H29NO. The van der Waals surface area contributed by atoms with Gasteiger partial charge in [-0.1, -0.05) is 61.5 Å². The van der Waals surface area contributed by atoms with Gasteiger partial charge in [0.05, 0.1) is 13.2 Å². The minimum atomic E-state index is 0.110. The Morgan fingerprint density at radius 2 is 1.83 bits per heavy atom. The number of hydrogen-bond donors (Lipinski definition) is 1. The molecule has 0 bridgehead atoms. The summed E-state index contributed by atoms with van der Waals surface area (Å²) in [5, 5.41) is 3.66. The largest absolute Gasteiger partial charge is 0.376 e. The predicted molar refractivity (Wildman–Crippen MR) is 100 cm³/mol. The summed E-state index contributed by atoms with van der Waals surface area (Å²) in [5.41, 5.74) is 4.36. The Morgan fingerprint density at radius 1 is 1.04 bits per heavy atom. The van der Waals surface area contributed by atoms with Gasteiger partial charge in [-0.2, -0.15) is 0 Å². The van der Waals surface area contributed by atoms with Crippen molar-refractivity contribution in [1.82, 2.24) is 5.32 Å². The highest BCUT2D eigenvalue weighted by Gasteiger charge is 2.36. The predicted octanol–water partition coefficient (Wildman–Crippen LogP) is 4.48. The molecule has 0 heterocycles. The fourth-order valence-corrected chi connectivity index (χ4v) is 3.84. The van der Waals surface area contributed by atoms with Crippen LogP contribution in [0.5, 0.6) is 0 Å². The van der Waals surface area contributed by atoms with Gasteiger partial charge < -0.3 is 10.1 Å². The molecule has 0 saturated heterocycles. The van der Waals surface area contributed by atoms with E-state index >= 15 is 0 Å². The second kappa shape index (κ2) is 8.46. The molecule has 2 nitrogen and oxygen atoms in total. The van der Waals surface area contributed by atoms with Crippen molar-refractivity contribution in [2.45, 2.75) is 44.6 Å². The van der Waals surface area contributed by atoms with Gasteiger partial charge in [0, 0.05) is 12.0 Å². The van der Waals surface area contributed by atoms with Gasteiger partial charge in [0.15, 0.2) is 0 Å². The van der Waals surface area contributed by atoms with Crippen LogP contribution in [0.1, 0.15) is 42.9 Å². The number of aryl methyl sites for hydroxylation is 1. The van der Waals surface area contributed by atoms with Crippen molar-refractivity contribution in [2.75, 3.05) is 19.7 Å². The van der Waals surface area contributed by atoms with Crippen LogP contribution in [-0.4, -0.2) is 19.7 Å². The minimum Gasteiger partial charge on any atom is -0.376 e. The lowest BCUT2D eigenvalue weighted by Crippen LogP contribution is -2.44. The fourth-order valence-electron chi connectivity index (χ4n) is 3.84. The molecular weight excluding hydrogens is 294 g/mol. The van der Waals surface area contributed by atoms with Crippen LogP contribution in [0.25, 0.3) is 0 Å². The Hall–Kier alpha value is -1.64. The highest BCUT2D eigenvalue weighted by Crippen LogP contribution is 2.37. The molecule has 1 unspecified atom stereocenters. The third-order valence-corrected chi connectivity index (χ3v) is 5.07. The molecule has 1 aliphatic rings. The SMILES string of the molecule is CCCNCC1(COCc2ccccc2)CCCc2ccccc21. The van der Waals surface area contributed by atoms with Crippen LogP contribution in [0, 0.1) is 0 Å². The highest BCUT2D eigenvalue weighted by molar-refractivity contribution is 5.37. The average molecular weight is 323 g/mol. The lowest BCUT2D eigenvalue weighted by molar-refractivity contribution is 0.0622. The van der Waals surface area contributed by atoms with Gasteiger partial charge in [0.1, 0.15) is 0 Å². The molecule has 0 aliphatic heterocycles. The number of hydrogen-bond acceptors (Lipinski definition) is 2. The van der Waals surface area contributed by atoms with E-state index in [1.165, 1.54) is 42.4 Å². The van der Waals surface area contributed by atoms with E-state index in [2.05, 4.69) is 66.8 Å². The molecule has 3 rings (SSSR count). The Balaban J connectivity index is 1.74. The van der Waals surface area contributed by atoms with Crippen LogP contribution in [0.2, 0.25) is 0 Å². The molecule has 1 aliphatic carbocycles. The van der Waals surface area contributed by atoms with E-state index in [0.29, 0.717) is 6.61 Å². The van der Waals surface area contributed by atoms with Gasteiger partial charge >= 0.3 is 0 Å². The minimum absolute atomic E-state index is 0.110. The quantitative estimate of drug-likeness (QED) is 0.723. The molecule has 0 aromatic heterocycles. The lowest BCUT2D eigenvalue weighted by Gasteiger charge is -2.39. The molecule has 24 heavy (non-hydrogen) atoms. The van der Waals surface area contributed by atoms with E-state index in [1.54, 1.807) is 0 Å². The van der Waals surface area contributed by atoms with Crippen molar-refractivity contribution in [3.05, 3.63) is 71.3 Å². The zero-order valence-corrected chi connectivity index (χ0v) is 14.8. The third-order valence-electron chi connectivity index (χ3n) is 5.07. The van der Waals surface area contributed by atoms with Crippen LogP contribution in [0.4, 0.5) is 0 Å². The van der Waals surface area contributed by atoms with E-state index in [4.69, 9.17) is 4.74 Å². The standard InChI is InChI=1S/C22H29NO/c1-2-15-23-17-22(18-24-16-19-9-4-3-5-10-19)14-8-12-20-11-6-7-13-21(20)22/h3-7,9-11,13,23H,2,8,12,14-18H2,1H3. The zero-order valence-electron chi connectivity index (χ0n) is 14.8. The van der Waals surface area contributed by atoms with Gasteiger partial charge in [0.2, 0.25) is 0 Å². The van der Waals surface area contributed by atoms with Crippen LogP contribution < -0.4 is 5.32 Å². The summed E-state index contributed by atoms with van der Waals surface area (Å²) in [5.74, 6) is 0. The maximum Gasteiger partial charge on any atom is 0.0717 e. The molecule has 2 aromatic rings. The summed E-state index contributed by atoms with van der Waals surface area (Å²) < 4.78 is 6.21. The van der Waals surface area contributed by atoms with Gasteiger partial charge in [-0.05, 0) is 48.9 Å². The number of ether oxygens (including phenoxy) is 1. The van der Waals surface area contributed by atoms with Crippen molar-refractivity contribution < 1.29 is 4.74 Å². The number of nitrogens with one attached hydrogen (secondary N) is 1.